The Labute approximate surface area is 116 Å². The molecule has 100 valence electrons. The molecule has 1 aromatic carbocycles. The highest BCUT2D eigenvalue weighted by molar-refractivity contribution is 5.85. The number of hydrogen-bond donors (Lipinski definition) is 1. The van der Waals surface area contributed by atoms with E-state index in [2.05, 4.69) is 29.6 Å². The standard InChI is InChI=1S/C15H21NO.ClH/c17-15-9-5-4-8-14(15)12-16-11-10-13-6-2-1-3-7-13;/h1-3,6-7,14,16H,4-5,8-12H2;1H. The number of carbonyl (C=O) groups is 1. The van der Waals surface area contributed by atoms with Gasteiger partial charge in [0.25, 0.3) is 0 Å². The summed E-state index contributed by atoms with van der Waals surface area (Å²) < 4.78 is 0. The second kappa shape index (κ2) is 8.28. The van der Waals surface area contributed by atoms with Gasteiger partial charge in [0.2, 0.25) is 0 Å². The van der Waals surface area contributed by atoms with Gasteiger partial charge in [-0.2, -0.15) is 0 Å². The van der Waals surface area contributed by atoms with Gasteiger partial charge in [0.15, 0.2) is 0 Å². The molecule has 3 heteroatoms. The Morgan fingerprint density at radius 3 is 2.67 bits per heavy atom. The molecule has 0 heterocycles. The van der Waals surface area contributed by atoms with Gasteiger partial charge in [-0.25, -0.2) is 0 Å². The summed E-state index contributed by atoms with van der Waals surface area (Å²) in [5, 5.41) is 3.41. The number of halogens is 1. The first-order valence-corrected chi connectivity index (χ1v) is 6.63. The van der Waals surface area contributed by atoms with Crippen molar-refractivity contribution in [3.8, 4) is 0 Å². The van der Waals surface area contributed by atoms with Crippen LogP contribution in [0.1, 0.15) is 31.2 Å². The van der Waals surface area contributed by atoms with Crippen molar-refractivity contribution in [1.29, 1.82) is 0 Å². The van der Waals surface area contributed by atoms with Crippen LogP contribution in [0.5, 0.6) is 0 Å². The van der Waals surface area contributed by atoms with Gasteiger partial charge in [-0.3, -0.25) is 4.79 Å². The number of rotatable bonds is 5. The Balaban J connectivity index is 0.00000162. The molecular formula is C15H22ClNO. The second-order valence-electron chi connectivity index (χ2n) is 4.85. The molecule has 0 amide bonds. The van der Waals surface area contributed by atoms with E-state index in [0.717, 1.165) is 38.8 Å². The van der Waals surface area contributed by atoms with Crippen molar-refractivity contribution in [2.24, 2.45) is 5.92 Å². The number of Topliss-reactive ketones (excluding diaryl/α,β-unsaturated/α-hetero) is 1. The maximum atomic E-state index is 11.6. The minimum atomic E-state index is 0. The van der Waals surface area contributed by atoms with E-state index >= 15 is 0 Å². The van der Waals surface area contributed by atoms with E-state index in [9.17, 15) is 4.79 Å². The first-order chi connectivity index (χ1) is 8.36. The van der Waals surface area contributed by atoms with Crippen molar-refractivity contribution in [2.75, 3.05) is 13.1 Å². The Morgan fingerprint density at radius 1 is 1.17 bits per heavy atom. The largest absolute Gasteiger partial charge is 0.316 e. The third-order valence-electron chi connectivity index (χ3n) is 3.51. The maximum Gasteiger partial charge on any atom is 0.137 e. The Kier molecular flexibility index (Phi) is 6.99. The minimum Gasteiger partial charge on any atom is -0.316 e. The Bertz CT molecular complexity index is 353. The smallest absolute Gasteiger partial charge is 0.137 e. The molecular weight excluding hydrogens is 246 g/mol. The number of benzene rings is 1. The molecule has 1 N–H and O–H groups in total. The highest BCUT2D eigenvalue weighted by atomic mass is 35.5. The topological polar surface area (TPSA) is 29.1 Å². The van der Waals surface area contributed by atoms with Crippen LogP contribution in [0.3, 0.4) is 0 Å². The van der Waals surface area contributed by atoms with Gasteiger partial charge in [-0.15, -0.1) is 12.4 Å². The fourth-order valence-electron chi connectivity index (χ4n) is 2.42. The quantitative estimate of drug-likeness (QED) is 0.831. The second-order valence-corrected chi connectivity index (χ2v) is 4.85. The molecule has 0 bridgehead atoms. The van der Waals surface area contributed by atoms with Crippen molar-refractivity contribution < 1.29 is 4.79 Å². The molecule has 2 nitrogen and oxygen atoms in total. The van der Waals surface area contributed by atoms with Crippen LogP contribution in [-0.2, 0) is 11.2 Å². The van der Waals surface area contributed by atoms with E-state index in [-0.39, 0.29) is 18.3 Å². The number of ketones is 1. The van der Waals surface area contributed by atoms with Crippen molar-refractivity contribution in [1.82, 2.24) is 5.32 Å². The third kappa shape index (κ3) is 4.79. The van der Waals surface area contributed by atoms with Crippen molar-refractivity contribution in [3.63, 3.8) is 0 Å². The summed E-state index contributed by atoms with van der Waals surface area (Å²) in [6, 6.07) is 10.5. The van der Waals surface area contributed by atoms with Crippen LogP contribution in [0, 0.1) is 5.92 Å². The summed E-state index contributed by atoms with van der Waals surface area (Å²) in [5.41, 5.74) is 1.36. The van der Waals surface area contributed by atoms with Gasteiger partial charge in [0, 0.05) is 18.9 Å². The number of carbonyl (C=O) groups excluding carboxylic acids is 1. The summed E-state index contributed by atoms with van der Waals surface area (Å²) in [5.74, 6) is 0.739. The minimum absolute atomic E-state index is 0. The van der Waals surface area contributed by atoms with Crippen molar-refractivity contribution in [3.05, 3.63) is 35.9 Å². The van der Waals surface area contributed by atoms with Crippen LogP contribution >= 0.6 is 12.4 Å². The van der Waals surface area contributed by atoms with E-state index in [1.165, 1.54) is 12.0 Å². The fourth-order valence-corrected chi connectivity index (χ4v) is 2.42. The average molecular weight is 268 g/mol. The highest BCUT2D eigenvalue weighted by Crippen LogP contribution is 2.19. The third-order valence-corrected chi connectivity index (χ3v) is 3.51. The van der Waals surface area contributed by atoms with E-state index in [1.54, 1.807) is 0 Å². The lowest BCUT2D eigenvalue weighted by atomic mass is 9.88. The molecule has 18 heavy (non-hydrogen) atoms. The Hall–Kier alpha value is -0.860. The zero-order chi connectivity index (χ0) is 11.9. The molecule has 0 aromatic heterocycles. The van der Waals surface area contributed by atoms with Gasteiger partial charge in [0.05, 0.1) is 0 Å². The lowest BCUT2D eigenvalue weighted by Gasteiger charge is -2.20. The normalized spacial score (nSPS) is 19.3. The van der Waals surface area contributed by atoms with Crippen LogP contribution in [0.15, 0.2) is 30.3 Å². The molecule has 0 spiro atoms. The summed E-state index contributed by atoms with van der Waals surface area (Å²) in [6.45, 7) is 1.83. The van der Waals surface area contributed by atoms with E-state index in [0.29, 0.717) is 5.78 Å². The van der Waals surface area contributed by atoms with Gasteiger partial charge in [-0.05, 0) is 31.4 Å². The van der Waals surface area contributed by atoms with Crippen LogP contribution in [0.25, 0.3) is 0 Å². The maximum absolute atomic E-state index is 11.6. The van der Waals surface area contributed by atoms with Gasteiger partial charge >= 0.3 is 0 Å². The van der Waals surface area contributed by atoms with Gasteiger partial charge in [-0.1, -0.05) is 36.8 Å². The molecule has 1 fully saturated rings. The summed E-state index contributed by atoms with van der Waals surface area (Å²) in [6.07, 6.45) is 5.24. The van der Waals surface area contributed by atoms with E-state index < -0.39 is 0 Å². The summed E-state index contributed by atoms with van der Waals surface area (Å²) >= 11 is 0. The molecule has 1 saturated carbocycles. The molecule has 2 rings (SSSR count). The lowest BCUT2D eigenvalue weighted by Crippen LogP contribution is -2.31. The van der Waals surface area contributed by atoms with Crippen molar-refractivity contribution in [2.45, 2.75) is 32.1 Å². The number of nitrogens with one attached hydrogen (secondary N) is 1. The average Bonchev–Trinajstić information content (AvgIpc) is 2.38. The predicted octanol–water partition coefficient (Wildman–Crippen LogP) is 3.00. The molecule has 1 unspecified atom stereocenters. The van der Waals surface area contributed by atoms with Crippen LogP contribution in [-0.4, -0.2) is 18.9 Å². The molecule has 1 atom stereocenters. The summed E-state index contributed by atoms with van der Waals surface area (Å²) in [4.78, 5) is 11.6. The molecule has 0 radical (unpaired) electrons. The van der Waals surface area contributed by atoms with Crippen LogP contribution in [0.4, 0.5) is 0 Å². The first kappa shape index (κ1) is 15.2. The molecule has 1 aromatic rings. The lowest BCUT2D eigenvalue weighted by molar-refractivity contribution is -0.124. The van der Waals surface area contributed by atoms with Gasteiger partial charge < -0.3 is 5.32 Å². The predicted molar refractivity (Wildman–Crippen MR) is 77.2 cm³/mol. The van der Waals surface area contributed by atoms with Crippen LogP contribution in [0.2, 0.25) is 0 Å². The monoisotopic (exact) mass is 267 g/mol. The van der Waals surface area contributed by atoms with Crippen molar-refractivity contribution >= 4 is 18.2 Å². The Morgan fingerprint density at radius 2 is 1.94 bits per heavy atom. The first-order valence-electron chi connectivity index (χ1n) is 6.63. The molecule has 1 aliphatic rings. The number of hydrogen-bond acceptors (Lipinski definition) is 2. The molecule has 0 saturated heterocycles. The van der Waals surface area contributed by atoms with Crippen LogP contribution < -0.4 is 5.32 Å². The van der Waals surface area contributed by atoms with E-state index in [1.807, 2.05) is 6.07 Å². The fraction of sp³-hybridized carbons (Fsp3) is 0.533. The zero-order valence-corrected chi connectivity index (χ0v) is 11.5. The highest BCUT2D eigenvalue weighted by Gasteiger charge is 2.21. The summed E-state index contributed by atoms with van der Waals surface area (Å²) in [7, 11) is 0. The van der Waals surface area contributed by atoms with E-state index in [4.69, 9.17) is 0 Å². The SMILES string of the molecule is Cl.O=C1CCCCC1CNCCc1ccccc1. The zero-order valence-electron chi connectivity index (χ0n) is 10.7. The molecule has 1 aliphatic carbocycles. The van der Waals surface area contributed by atoms with Gasteiger partial charge in [0.1, 0.15) is 5.78 Å². The molecule has 0 aliphatic heterocycles.